The summed E-state index contributed by atoms with van der Waals surface area (Å²) < 4.78 is 24.3. The average Bonchev–Trinajstić information content (AvgIpc) is 2.97. The highest BCUT2D eigenvalue weighted by Gasteiger charge is 2.16. The summed E-state index contributed by atoms with van der Waals surface area (Å²) >= 11 is 0. The van der Waals surface area contributed by atoms with E-state index < -0.39 is 0 Å². The number of nitrogens with one attached hydrogen (secondary N) is 1. The van der Waals surface area contributed by atoms with Gasteiger partial charge in [0.25, 0.3) is 5.89 Å². The zero-order valence-electron chi connectivity index (χ0n) is 11.9. The van der Waals surface area contributed by atoms with E-state index in [0.29, 0.717) is 23.9 Å². The van der Waals surface area contributed by atoms with Gasteiger partial charge in [-0.15, -0.1) is 0 Å². The molecule has 1 aliphatic heterocycles. The second-order valence-electron chi connectivity index (χ2n) is 5.23. The van der Waals surface area contributed by atoms with Crippen LogP contribution >= 0.6 is 0 Å². The number of nitrogens with zero attached hydrogens (tertiary/aromatic N) is 2. The molecule has 1 aromatic carbocycles. The van der Waals surface area contributed by atoms with E-state index in [4.69, 9.17) is 9.26 Å². The molecule has 1 aromatic heterocycles. The minimum atomic E-state index is -0.312. The van der Waals surface area contributed by atoms with E-state index in [-0.39, 0.29) is 11.9 Å². The third-order valence-corrected chi connectivity index (χ3v) is 3.64. The summed E-state index contributed by atoms with van der Waals surface area (Å²) in [6, 6.07) is 4.53. The Labute approximate surface area is 122 Å². The van der Waals surface area contributed by atoms with E-state index in [2.05, 4.69) is 15.5 Å². The Morgan fingerprint density at radius 1 is 1.38 bits per heavy atom. The normalized spacial score (nSPS) is 16.3. The number of ether oxygens (including phenoxy) is 1. The second-order valence-corrected chi connectivity index (χ2v) is 5.23. The van der Waals surface area contributed by atoms with Gasteiger partial charge in [0, 0.05) is 5.56 Å². The van der Waals surface area contributed by atoms with Gasteiger partial charge in [-0.05, 0) is 50.6 Å². The molecule has 2 aromatic rings. The Bertz CT molecular complexity index is 609. The van der Waals surface area contributed by atoms with Gasteiger partial charge in [0.1, 0.15) is 12.4 Å². The summed E-state index contributed by atoms with van der Waals surface area (Å²) in [5.74, 6) is 0.510. The molecular formula is C15H18FN3O2. The van der Waals surface area contributed by atoms with Crippen molar-refractivity contribution >= 4 is 0 Å². The molecule has 21 heavy (non-hydrogen) atoms. The summed E-state index contributed by atoms with van der Waals surface area (Å²) in [4.78, 5) is 4.28. The molecule has 2 heterocycles. The maximum absolute atomic E-state index is 13.3. The fourth-order valence-corrected chi connectivity index (χ4v) is 2.41. The number of hydrogen-bond acceptors (Lipinski definition) is 5. The summed E-state index contributed by atoms with van der Waals surface area (Å²) in [5, 5.41) is 7.19. The van der Waals surface area contributed by atoms with E-state index in [0.717, 1.165) is 31.5 Å². The zero-order chi connectivity index (χ0) is 14.7. The molecular weight excluding hydrogens is 273 g/mol. The Balaban J connectivity index is 1.66. The van der Waals surface area contributed by atoms with Crippen LogP contribution in [0.4, 0.5) is 4.39 Å². The molecule has 0 radical (unpaired) electrons. The van der Waals surface area contributed by atoms with Crippen LogP contribution in [-0.4, -0.2) is 29.3 Å². The molecule has 0 amide bonds. The Morgan fingerprint density at radius 2 is 2.19 bits per heavy atom. The molecule has 1 aliphatic rings. The predicted molar refractivity (Wildman–Crippen MR) is 75.1 cm³/mol. The van der Waals surface area contributed by atoms with E-state index in [1.807, 2.05) is 6.92 Å². The fourth-order valence-electron chi connectivity index (χ4n) is 2.41. The topological polar surface area (TPSA) is 60.2 Å². The first kappa shape index (κ1) is 14.2. The van der Waals surface area contributed by atoms with Crippen LogP contribution in [0.25, 0.3) is 11.4 Å². The van der Waals surface area contributed by atoms with Gasteiger partial charge in [-0.25, -0.2) is 4.39 Å². The van der Waals surface area contributed by atoms with Gasteiger partial charge in [-0.2, -0.15) is 4.98 Å². The first-order valence-electron chi connectivity index (χ1n) is 7.14. The second kappa shape index (κ2) is 6.32. The van der Waals surface area contributed by atoms with Crippen LogP contribution in [0.15, 0.2) is 22.7 Å². The average molecular weight is 291 g/mol. The van der Waals surface area contributed by atoms with Crippen LogP contribution in [0.2, 0.25) is 0 Å². The molecule has 5 nitrogen and oxygen atoms in total. The lowest BCUT2D eigenvalue weighted by Gasteiger charge is -2.21. The monoisotopic (exact) mass is 291 g/mol. The lowest BCUT2D eigenvalue weighted by Crippen LogP contribution is -2.32. The Morgan fingerprint density at radius 3 is 3.00 bits per heavy atom. The number of piperidine rings is 1. The lowest BCUT2D eigenvalue weighted by atomic mass is 10.1. The van der Waals surface area contributed by atoms with Gasteiger partial charge >= 0.3 is 0 Å². The maximum atomic E-state index is 13.3. The highest BCUT2D eigenvalue weighted by molar-refractivity contribution is 5.59. The highest BCUT2D eigenvalue weighted by Crippen LogP contribution is 2.22. The van der Waals surface area contributed by atoms with Gasteiger partial charge in [-0.3, -0.25) is 0 Å². The Hall–Kier alpha value is -1.79. The molecule has 112 valence electrons. The molecule has 0 bridgehead atoms. The smallest absolute Gasteiger partial charge is 0.252 e. The molecule has 0 atom stereocenters. The van der Waals surface area contributed by atoms with Gasteiger partial charge in [0.05, 0.1) is 6.10 Å². The van der Waals surface area contributed by atoms with Gasteiger partial charge < -0.3 is 14.6 Å². The number of benzene rings is 1. The summed E-state index contributed by atoms with van der Waals surface area (Å²) in [5.41, 5.74) is 1.55. The molecule has 1 fully saturated rings. The van der Waals surface area contributed by atoms with E-state index >= 15 is 0 Å². The van der Waals surface area contributed by atoms with Crippen molar-refractivity contribution in [1.29, 1.82) is 0 Å². The Kier molecular flexibility index (Phi) is 4.26. The van der Waals surface area contributed by atoms with Crippen LogP contribution in [0, 0.1) is 12.7 Å². The number of rotatable bonds is 4. The van der Waals surface area contributed by atoms with E-state index in [1.54, 1.807) is 6.07 Å². The van der Waals surface area contributed by atoms with Crippen LogP contribution in [0.1, 0.15) is 24.3 Å². The standard InChI is InChI=1S/C15H18FN3O2/c1-10-2-3-11(16)8-13(10)15-18-14(21-19-15)9-20-12-4-6-17-7-5-12/h2-3,8,12,17H,4-7,9H2,1H3. The number of aryl methyl sites for hydroxylation is 1. The largest absolute Gasteiger partial charge is 0.368 e. The summed E-state index contributed by atoms with van der Waals surface area (Å²) in [6.07, 6.45) is 2.21. The number of halogens is 1. The van der Waals surface area contributed by atoms with Crippen molar-refractivity contribution in [2.45, 2.75) is 32.5 Å². The molecule has 0 saturated carbocycles. The van der Waals surface area contributed by atoms with E-state index in [1.165, 1.54) is 12.1 Å². The van der Waals surface area contributed by atoms with Crippen LogP contribution in [0.3, 0.4) is 0 Å². The van der Waals surface area contributed by atoms with Crippen LogP contribution in [-0.2, 0) is 11.3 Å². The van der Waals surface area contributed by atoms with Crippen molar-refractivity contribution in [3.05, 3.63) is 35.5 Å². The van der Waals surface area contributed by atoms with Gasteiger partial charge in [0.15, 0.2) is 0 Å². The molecule has 3 rings (SSSR count). The van der Waals surface area contributed by atoms with Crippen molar-refractivity contribution in [3.63, 3.8) is 0 Å². The van der Waals surface area contributed by atoms with Crippen LogP contribution in [0.5, 0.6) is 0 Å². The number of hydrogen-bond donors (Lipinski definition) is 1. The maximum Gasteiger partial charge on any atom is 0.252 e. The molecule has 1 saturated heterocycles. The highest BCUT2D eigenvalue weighted by atomic mass is 19.1. The molecule has 0 spiro atoms. The predicted octanol–water partition coefficient (Wildman–Crippen LogP) is 2.45. The van der Waals surface area contributed by atoms with Crippen LogP contribution < -0.4 is 5.32 Å². The third-order valence-electron chi connectivity index (χ3n) is 3.64. The first-order chi connectivity index (χ1) is 10.2. The third kappa shape index (κ3) is 3.46. The van der Waals surface area contributed by atoms with Crippen molar-refractivity contribution in [1.82, 2.24) is 15.5 Å². The molecule has 0 unspecified atom stereocenters. The molecule has 0 aliphatic carbocycles. The van der Waals surface area contributed by atoms with Crippen molar-refractivity contribution in [3.8, 4) is 11.4 Å². The van der Waals surface area contributed by atoms with Gasteiger partial charge in [-0.1, -0.05) is 11.2 Å². The van der Waals surface area contributed by atoms with Gasteiger partial charge in [0.2, 0.25) is 5.82 Å². The SMILES string of the molecule is Cc1ccc(F)cc1-c1noc(COC2CCNCC2)n1. The van der Waals surface area contributed by atoms with Crippen molar-refractivity contribution in [2.24, 2.45) is 0 Å². The van der Waals surface area contributed by atoms with Crippen molar-refractivity contribution < 1.29 is 13.7 Å². The molecule has 1 N–H and O–H groups in total. The molecule has 6 heteroatoms. The number of aromatic nitrogens is 2. The lowest BCUT2D eigenvalue weighted by molar-refractivity contribution is 0.00859. The summed E-state index contributed by atoms with van der Waals surface area (Å²) in [7, 11) is 0. The quantitative estimate of drug-likeness (QED) is 0.937. The minimum absolute atomic E-state index is 0.234. The van der Waals surface area contributed by atoms with E-state index in [9.17, 15) is 4.39 Å². The minimum Gasteiger partial charge on any atom is -0.368 e. The fraction of sp³-hybridized carbons (Fsp3) is 0.467. The first-order valence-corrected chi connectivity index (χ1v) is 7.14. The summed E-state index contributed by atoms with van der Waals surface area (Å²) in [6.45, 7) is 4.13. The zero-order valence-corrected chi connectivity index (χ0v) is 11.9. The van der Waals surface area contributed by atoms with Crippen molar-refractivity contribution in [2.75, 3.05) is 13.1 Å².